The molecule has 0 spiro atoms. The van der Waals surface area contributed by atoms with Crippen LogP contribution >= 0.6 is 0 Å². The number of hydrogen-bond donors (Lipinski definition) is 2. The van der Waals surface area contributed by atoms with Crippen molar-refractivity contribution in [2.24, 2.45) is 11.0 Å². The SMILES string of the molecule is CCOc1cc(/C=N\NC(=O)[C@H](NS(=O)(=O)c2ccc(C)cc2)C(C)C)ccc1OCc1ccccc1. The maximum Gasteiger partial charge on any atom is 0.258 e. The lowest BCUT2D eigenvalue weighted by Gasteiger charge is -2.20. The van der Waals surface area contributed by atoms with Gasteiger partial charge in [-0.25, -0.2) is 13.8 Å². The van der Waals surface area contributed by atoms with Crippen molar-refractivity contribution in [3.63, 3.8) is 0 Å². The number of aryl methyl sites for hydroxylation is 1. The zero-order valence-corrected chi connectivity index (χ0v) is 22.3. The average Bonchev–Trinajstić information content (AvgIpc) is 2.87. The van der Waals surface area contributed by atoms with Gasteiger partial charge in [-0.15, -0.1) is 0 Å². The lowest BCUT2D eigenvalue weighted by molar-refractivity contribution is -0.123. The average molecular weight is 524 g/mol. The minimum absolute atomic E-state index is 0.0954. The van der Waals surface area contributed by atoms with Crippen molar-refractivity contribution < 1.29 is 22.7 Å². The Balaban J connectivity index is 1.66. The molecule has 0 aliphatic carbocycles. The number of carbonyl (C=O) groups is 1. The minimum atomic E-state index is -3.88. The molecular formula is C28H33N3O5S. The normalized spacial score (nSPS) is 12.5. The van der Waals surface area contributed by atoms with E-state index in [0.29, 0.717) is 30.3 Å². The first-order valence-corrected chi connectivity index (χ1v) is 13.5. The number of carbonyl (C=O) groups excluding carboxylic acids is 1. The molecule has 8 nitrogen and oxygen atoms in total. The van der Waals surface area contributed by atoms with Crippen LogP contribution in [0.3, 0.4) is 0 Å². The number of benzene rings is 3. The van der Waals surface area contributed by atoms with Gasteiger partial charge in [-0.05, 0) is 61.2 Å². The summed E-state index contributed by atoms with van der Waals surface area (Å²) in [7, 11) is -3.88. The van der Waals surface area contributed by atoms with Crippen LogP contribution in [0.1, 0.15) is 37.5 Å². The first-order valence-electron chi connectivity index (χ1n) is 12.0. The zero-order chi connectivity index (χ0) is 26.8. The van der Waals surface area contributed by atoms with Crippen LogP contribution in [0, 0.1) is 12.8 Å². The molecule has 0 aliphatic heterocycles. The molecule has 0 heterocycles. The van der Waals surface area contributed by atoms with E-state index in [1.807, 2.05) is 44.2 Å². The number of hydrazone groups is 1. The molecule has 196 valence electrons. The monoisotopic (exact) mass is 523 g/mol. The van der Waals surface area contributed by atoms with Crippen molar-refractivity contribution in [1.29, 1.82) is 0 Å². The van der Waals surface area contributed by atoms with E-state index in [2.05, 4.69) is 15.2 Å². The second kappa shape index (κ2) is 13.0. The van der Waals surface area contributed by atoms with Crippen LogP contribution in [0.25, 0.3) is 0 Å². The topological polar surface area (TPSA) is 106 Å². The van der Waals surface area contributed by atoms with Gasteiger partial charge in [-0.1, -0.05) is 61.9 Å². The summed E-state index contributed by atoms with van der Waals surface area (Å²) < 4.78 is 39.7. The van der Waals surface area contributed by atoms with Gasteiger partial charge in [0.1, 0.15) is 12.6 Å². The summed E-state index contributed by atoms with van der Waals surface area (Å²) in [4.78, 5) is 12.9. The van der Waals surface area contributed by atoms with Gasteiger partial charge in [0.25, 0.3) is 5.91 Å². The summed E-state index contributed by atoms with van der Waals surface area (Å²) in [6.45, 7) is 8.12. The summed E-state index contributed by atoms with van der Waals surface area (Å²) in [5.74, 6) is 0.285. The van der Waals surface area contributed by atoms with E-state index in [1.165, 1.54) is 18.3 Å². The third-order valence-corrected chi connectivity index (χ3v) is 6.91. The number of hydrogen-bond acceptors (Lipinski definition) is 6. The molecule has 0 aliphatic rings. The lowest BCUT2D eigenvalue weighted by Crippen LogP contribution is -2.48. The molecule has 37 heavy (non-hydrogen) atoms. The Morgan fingerprint density at radius 3 is 2.32 bits per heavy atom. The van der Waals surface area contributed by atoms with Crippen molar-refractivity contribution in [2.45, 2.75) is 45.2 Å². The molecule has 1 amide bonds. The Bertz CT molecular complexity index is 1310. The Morgan fingerprint density at radius 1 is 0.973 bits per heavy atom. The van der Waals surface area contributed by atoms with Crippen LogP contribution in [0.4, 0.5) is 0 Å². The predicted octanol–water partition coefficient (Wildman–Crippen LogP) is 4.43. The van der Waals surface area contributed by atoms with Crippen LogP contribution < -0.4 is 19.6 Å². The van der Waals surface area contributed by atoms with Gasteiger partial charge in [0.15, 0.2) is 11.5 Å². The summed E-state index contributed by atoms with van der Waals surface area (Å²) in [6.07, 6.45) is 1.47. The summed E-state index contributed by atoms with van der Waals surface area (Å²) in [5.41, 5.74) is 5.10. The molecule has 9 heteroatoms. The molecule has 3 aromatic rings. The maximum absolute atomic E-state index is 12.8. The molecular weight excluding hydrogens is 490 g/mol. The number of ether oxygens (including phenoxy) is 2. The largest absolute Gasteiger partial charge is 0.490 e. The molecule has 0 saturated heterocycles. The molecule has 0 aromatic heterocycles. The van der Waals surface area contributed by atoms with Crippen molar-refractivity contribution in [2.75, 3.05) is 6.61 Å². The number of rotatable bonds is 12. The second-order valence-electron chi connectivity index (χ2n) is 8.80. The molecule has 0 saturated carbocycles. The fourth-order valence-electron chi connectivity index (χ4n) is 3.41. The van der Waals surface area contributed by atoms with Gasteiger partial charge in [-0.2, -0.15) is 9.82 Å². The van der Waals surface area contributed by atoms with Crippen LogP contribution in [-0.4, -0.2) is 33.2 Å². The first kappa shape index (κ1) is 27.9. The molecule has 3 aromatic carbocycles. The van der Waals surface area contributed by atoms with Crippen LogP contribution in [0.2, 0.25) is 0 Å². The van der Waals surface area contributed by atoms with Crippen LogP contribution in [0.15, 0.2) is 82.8 Å². The fourth-order valence-corrected chi connectivity index (χ4v) is 4.76. The predicted molar refractivity (Wildman–Crippen MR) is 144 cm³/mol. The second-order valence-corrected chi connectivity index (χ2v) is 10.5. The number of nitrogens with zero attached hydrogens (tertiary/aromatic N) is 1. The first-order chi connectivity index (χ1) is 17.7. The maximum atomic E-state index is 12.8. The highest BCUT2D eigenvalue weighted by atomic mass is 32.2. The van der Waals surface area contributed by atoms with Gasteiger partial charge in [-0.3, -0.25) is 4.79 Å². The van der Waals surface area contributed by atoms with Crippen molar-refractivity contribution in [3.8, 4) is 11.5 Å². The standard InChI is InChI=1S/C28H33N3O5S/c1-5-35-26-17-23(13-16-25(26)36-19-22-9-7-6-8-10-22)18-29-30-28(32)27(20(2)3)31-37(33,34)24-14-11-21(4)12-15-24/h6-18,20,27,31H,5,19H2,1-4H3,(H,30,32)/b29-18-/t27-/m1/s1. The molecule has 1 atom stereocenters. The van der Waals surface area contributed by atoms with Crippen LogP contribution in [-0.2, 0) is 21.4 Å². The molecule has 0 fully saturated rings. The van der Waals surface area contributed by atoms with E-state index >= 15 is 0 Å². The van der Waals surface area contributed by atoms with Crippen LogP contribution in [0.5, 0.6) is 11.5 Å². The van der Waals surface area contributed by atoms with Gasteiger partial charge in [0.2, 0.25) is 10.0 Å². The van der Waals surface area contributed by atoms with Crippen molar-refractivity contribution in [1.82, 2.24) is 10.1 Å². The van der Waals surface area contributed by atoms with Crippen molar-refractivity contribution >= 4 is 22.1 Å². The quantitative estimate of drug-likeness (QED) is 0.270. The Kier molecular flexibility index (Phi) is 9.82. The van der Waals surface area contributed by atoms with Gasteiger partial charge < -0.3 is 9.47 Å². The van der Waals surface area contributed by atoms with E-state index in [0.717, 1.165) is 11.1 Å². The van der Waals surface area contributed by atoms with E-state index in [-0.39, 0.29) is 10.8 Å². The summed E-state index contributed by atoms with van der Waals surface area (Å²) in [5, 5.41) is 4.03. The zero-order valence-electron chi connectivity index (χ0n) is 21.5. The highest BCUT2D eigenvalue weighted by molar-refractivity contribution is 7.89. The number of nitrogens with one attached hydrogen (secondary N) is 2. The lowest BCUT2D eigenvalue weighted by atomic mass is 10.1. The molecule has 0 bridgehead atoms. The third kappa shape index (κ3) is 8.16. The highest BCUT2D eigenvalue weighted by Crippen LogP contribution is 2.29. The Labute approximate surface area is 218 Å². The number of sulfonamides is 1. The van der Waals surface area contributed by atoms with E-state index in [4.69, 9.17) is 9.47 Å². The minimum Gasteiger partial charge on any atom is -0.490 e. The van der Waals surface area contributed by atoms with Gasteiger partial charge >= 0.3 is 0 Å². The smallest absolute Gasteiger partial charge is 0.258 e. The Hall–Kier alpha value is -3.69. The van der Waals surface area contributed by atoms with E-state index < -0.39 is 22.0 Å². The van der Waals surface area contributed by atoms with E-state index in [9.17, 15) is 13.2 Å². The van der Waals surface area contributed by atoms with Crippen molar-refractivity contribution in [3.05, 3.63) is 89.5 Å². The molecule has 0 radical (unpaired) electrons. The third-order valence-electron chi connectivity index (χ3n) is 5.46. The summed E-state index contributed by atoms with van der Waals surface area (Å²) >= 11 is 0. The molecule has 3 rings (SSSR count). The van der Waals surface area contributed by atoms with Gasteiger partial charge in [0.05, 0.1) is 17.7 Å². The summed E-state index contributed by atoms with van der Waals surface area (Å²) in [6, 6.07) is 20.6. The molecule has 2 N–H and O–H groups in total. The molecule has 0 unspecified atom stereocenters. The van der Waals surface area contributed by atoms with E-state index in [1.54, 1.807) is 44.2 Å². The highest BCUT2D eigenvalue weighted by Gasteiger charge is 2.28. The fraction of sp³-hybridized carbons (Fsp3) is 0.286. The Morgan fingerprint density at radius 2 is 1.68 bits per heavy atom. The van der Waals surface area contributed by atoms with Gasteiger partial charge in [0, 0.05) is 0 Å². The number of amides is 1.